The number of amides is 2. The molecule has 3 N–H and O–H groups in total. The van der Waals surface area contributed by atoms with Gasteiger partial charge in [-0.1, -0.05) is 0 Å². The van der Waals surface area contributed by atoms with E-state index in [1.165, 1.54) is 0 Å². The quantitative estimate of drug-likeness (QED) is 0.642. The second kappa shape index (κ2) is 3.81. The van der Waals surface area contributed by atoms with Crippen LogP contribution in [0.25, 0.3) is 0 Å². The molecule has 0 aromatic rings. The Hall–Kier alpha value is -1.10. The molecular formula is C10H17N3O2. The molecule has 1 saturated heterocycles. The van der Waals surface area contributed by atoms with Gasteiger partial charge in [-0.15, -0.1) is 0 Å². The van der Waals surface area contributed by atoms with Crippen LogP contribution >= 0.6 is 0 Å². The zero-order valence-corrected chi connectivity index (χ0v) is 8.90. The van der Waals surface area contributed by atoms with Crippen molar-refractivity contribution < 1.29 is 9.59 Å². The van der Waals surface area contributed by atoms with Crippen LogP contribution in [0.3, 0.4) is 0 Å². The molecule has 2 unspecified atom stereocenters. The number of carbonyl (C=O) groups is 2. The van der Waals surface area contributed by atoms with Crippen LogP contribution in [0.1, 0.15) is 26.2 Å². The van der Waals surface area contributed by atoms with Crippen LogP contribution in [0, 0.1) is 0 Å². The Balaban J connectivity index is 1.85. The van der Waals surface area contributed by atoms with Gasteiger partial charge in [0.05, 0.1) is 12.1 Å². The minimum absolute atomic E-state index is 0.0448. The number of nitrogens with one attached hydrogen (secondary N) is 1. The van der Waals surface area contributed by atoms with Gasteiger partial charge in [0, 0.05) is 19.0 Å². The molecule has 2 fully saturated rings. The second-order valence-corrected chi connectivity index (χ2v) is 4.48. The lowest BCUT2D eigenvalue weighted by molar-refractivity contribution is -0.128. The van der Waals surface area contributed by atoms with E-state index >= 15 is 0 Å². The maximum atomic E-state index is 11.6. The average molecular weight is 211 g/mol. The number of rotatable bonds is 3. The van der Waals surface area contributed by atoms with Crippen molar-refractivity contribution in [2.45, 2.75) is 44.3 Å². The Morgan fingerprint density at radius 3 is 2.80 bits per heavy atom. The van der Waals surface area contributed by atoms with Gasteiger partial charge in [0.2, 0.25) is 11.8 Å². The topological polar surface area (TPSA) is 75.4 Å². The van der Waals surface area contributed by atoms with Gasteiger partial charge in [-0.3, -0.25) is 9.59 Å². The molecule has 2 aliphatic rings. The molecule has 0 spiro atoms. The van der Waals surface area contributed by atoms with Gasteiger partial charge in [-0.05, 0) is 19.8 Å². The molecule has 1 aliphatic carbocycles. The summed E-state index contributed by atoms with van der Waals surface area (Å²) in [7, 11) is 0. The number of nitrogens with two attached hydrogens (primary N) is 1. The number of hydrogen-bond acceptors (Lipinski definition) is 3. The summed E-state index contributed by atoms with van der Waals surface area (Å²) in [5.41, 5.74) is 5.44. The van der Waals surface area contributed by atoms with Crippen LogP contribution in [0.5, 0.6) is 0 Å². The highest BCUT2D eigenvalue weighted by Crippen LogP contribution is 2.30. The molecule has 0 bridgehead atoms. The molecular weight excluding hydrogens is 194 g/mol. The first kappa shape index (κ1) is 10.4. The van der Waals surface area contributed by atoms with Gasteiger partial charge in [0.1, 0.15) is 0 Å². The molecule has 5 nitrogen and oxygen atoms in total. The summed E-state index contributed by atoms with van der Waals surface area (Å²) in [6, 6.07) is -0.110. The minimum atomic E-state index is -0.505. The predicted molar refractivity (Wildman–Crippen MR) is 54.9 cm³/mol. The monoisotopic (exact) mass is 211 g/mol. The lowest BCUT2D eigenvalue weighted by Crippen LogP contribution is -2.45. The van der Waals surface area contributed by atoms with Crippen molar-refractivity contribution in [3.8, 4) is 0 Å². The minimum Gasteiger partial charge on any atom is -0.350 e. The molecule has 1 heterocycles. The van der Waals surface area contributed by atoms with E-state index in [1.54, 1.807) is 6.92 Å². The molecule has 5 heteroatoms. The first-order valence-corrected chi connectivity index (χ1v) is 5.43. The van der Waals surface area contributed by atoms with Crippen LogP contribution in [0.2, 0.25) is 0 Å². The zero-order valence-electron chi connectivity index (χ0n) is 8.90. The molecule has 0 aromatic carbocycles. The lowest BCUT2D eigenvalue weighted by atomic mass is 10.2. The van der Waals surface area contributed by atoms with E-state index in [2.05, 4.69) is 5.32 Å². The average Bonchev–Trinajstić information content (AvgIpc) is 2.92. The maximum absolute atomic E-state index is 11.6. The summed E-state index contributed by atoms with van der Waals surface area (Å²) in [6.07, 6.45) is 2.65. The van der Waals surface area contributed by atoms with Gasteiger partial charge in [0.25, 0.3) is 0 Å². The number of likely N-dealkylation sites (tertiary alicyclic amines) is 1. The summed E-state index contributed by atoms with van der Waals surface area (Å²) in [6.45, 7) is 2.30. The van der Waals surface area contributed by atoms with Gasteiger partial charge in [-0.25, -0.2) is 0 Å². The van der Waals surface area contributed by atoms with Crippen molar-refractivity contribution in [1.29, 1.82) is 0 Å². The van der Waals surface area contributed by atoms with Gasteiger partial charge in [-0.2, -0.15) is 0 Å². The fourth-order valence-electron chi connectivity index (χ4n) is 1.90. The highest BCUT2D eigenvalue weighted by Gasteiger charge is 2.39. The largest absolute Gasteiger partial charge is 0.350 e. The first-order chi connectivity index (χ1) is 7.08. The predicted octanol–water partition coefficient (Wildman–Crippen LogP) is -0.787. The van der Waals surface area contributed by atoms with Crippen molar-refractivity contribution in [3.63, 3.8) is 0 Å². The summed E-state index contributed by atoms with van der Waals surface area (Å²) < 4.78 is 0. The van der Waals surface area contributed by atoms with Crippen LogP contribution in [0.4, 0.5) is 0 Å². The number of nitrogens with zero attached hydrogens (tertiary/aromatic N) is 1. The molecule has 2 rings (SSSR count). The van der Waals surface area contributed by atoms with E-state index < -0.39 is 6.04 Å². The van der Waals surface area contributed by atoms with Crippen molar-refractivity contribution in [2.24, 2.45) is 5.73 Å². The van der Waals surface area contributed by atoms with E-state index in [4.69, 9.17) is 5.73 Å². The number of hydrogen-bond donors (Lipinski definition) is 2. The summed E-state index contributed by atoms with van der Waals surface area (Å²) in [4.78, 5) is 24.8. The smallest absolute Gasteiger partial charge is 0.236 e. The van der Waals surface area contributed by atoms with Gasteiger partial charge >= 0.3 is 0 Å². The fourth-order valence-corrected chi connectivity index (χ4v) is 1.90. The molecule has 1 aliphatic heterocycles. The molecule has 2 amide bonds. The van der Waals surface area contributed by atoms with Crippen molar-refractivity contribution in [1.82, 2.24) is 10.2 Å². The summed E-state index contributed by atoms with van der Waals surface area (Å²) in [5.74, 6) is -0.0158. The van der Waals surface area contributed by atoms with Crippen LogP contribution in [-0.2, 0) is 9.59 Å². The van der Waals surface area contributed by atoms with E-state index in [-0.39, 0.29) is 17.9 Å². The van der Waals surface area contributed by atoms with E-state index in [1.807, 2.05) is 4.90 Å². The van der Waals surface area contributed by atoms with E-state index in [0.29, 0.717) is 19.0 Å². The van der Waals surface area contributed by atoms with Gasteiger partial charge < -0.3 is 16.0 Å². The third kappa shape index (κ3) is 2.28. The SMILES string of the molecule is CC(N)C(=O)NC1CC(=O)N(C2CC2)C1. The highest BCUT2D eigenvalue weighted by atomic mass is 16.2. The Kier molecular flexibility index (Phi) is 2.65. The lowest BCUT2D eigenvalue weighted by Gasteiger charge is -2.16. The van der Waals surface area contributed by atoms with Crippen molar-refractivity contribution in [2.75, 3.05) is 6.54 Å². The zero-order chi connectivity index (χ0) is 11.0. The second-order valence-electron chi connectivity index (χ2n) is 4.48. The van der Waals surface area contributed by atoms with E-state index in [9.17, 15) is 9.59 Å². The molecule has 84 valence electrons. The molecule has 0 aromatic heterocycles. The highest BCUT2D eigenvalue weighted by molar-refractivity contribution is 5.84. The molecule has 2 atom stereocenters. The molecule has 0 radical (unpaired) electrons. The third-order valence-corrected chi connectivity index (χ3v) is 2.91. The normalized spacial score (nSPS) is 28.0. The molecule has 1 saturated carbocycles. The summed E-state index contributed by atoms with van der Waals surface area (Å²) in [5, 5.41) is 2.79. The van der Waals surface area contributed by atoms with Crippen molar-refractivity contribution >= 4 is 11.8 Å². The fraction of sp³-hybridized carbons (Fsp3) is 0.800. The standard InChI is InChI=1S/C10H17N3O2/c1-6(11)10(15)12-7-4-9(14)13(5-7)8-2-3-8/h6-8H,2-5,11H2,1H3,(H,12,15). The van der Waals surface area contributed by atoms with Crippen LogP contribution in [0.15, 0.2) is 0 Å². The van der Waals surface area contributed by atoms with Gasteiger partial charge in [0.15, 0.2) is 0 Å². The van der Waals surface area contributed by atoms with Crippen molar-refractivity contribution in [3.05, 3.63) is 0 Å². The van der Waals surface area contributed by atoms with E-state index in [0.717, 1.165) is 12.8 Å². The summed E-state index contributed by atoms with van der Waals surface area (Å²) >= 11 is 0. The maximum Gasteiger partial charge on any atom is 0.236 e. The molecule has 15 heavy (non-hydrogen) atoms. The first-order valence-electron chi connectivity index (χ1n) is 5.43. The van der Waals surface area contributed by atoms with Crippen LogP contribution in [-0.4, -0.2) is 41.4 Å². The Morgan fingerprint density at radius 1 is 1.60 bits per heavy atom. The third-order valence-electron chi connectivity index (χ3n) is 2.91. The Morgan fingerprint density at radius 2 is 2.27 bits per heavy atom. The number of carbonyl (C=O) groups excluding carboxylic acids is 2. The Bertz CT molecular complexity index is 286. The van der Waals surface area contributed by atoms with Crippen LogP contribution < -0.4 is 11.1 Å². The Labute approximate surface area is 89.0 Å².